The van der Waals surface area contributed by atoms with E-state index in [0.29, 0.717) is 23.9 Å². The minimum Gasteiger partial charge on any atom is -0.342 e. The first-order chi connectivity index (χ1) is 12.8. The van der Waals surface area contributed by atoms with Crippen LogP contribution in [0.2, 0.25) is 0 Å². The molecule has 0 bridgehead atoms. The Balaban J connectivity index is 1.32. The van der Waals surface area contributed by atoms with Gasteiger partial charge in [-0.3, -0.25) is 14.6 Å². The minimum atomic E-state index is -0.200. The predicted octanol–water partition coefficient (Wildman–Crippen LogP) is 3.10. The second kappa shape index (κ2) is 6.65. The summed E-state index contributed by atoms with van der Waals surface area (Å²) in [7, 11) is 0. The highest BCUT2D eigenvalue weighted by molar-refractivity contribution is 5.88. The van der Waals surface area contributed by atoms with Gasteiger partial charge < -0.3 is 5.32 Å². The fourth-order valence-electron chi connectivity index (χ4n) is 5.85. The van der Waals surface area contributed by atoms with Gasteiger partial charge in [0.05, 0.1) is 6.67 Å². The van der Waals surface area contributed by atoms with Gasteiger partial charge in [0.2, 0.25) is 5.91 Å². The van der Waals surface area contributed by atoms with E-state index in [2.05, 4.69) is 45.4 Å². The zero-order valence-corrected chi connectivity index (χ0v) is 15.7. The van der Waals surface area contributed by atoms with Crippen molar-refractivity contribution >= 4 is 5.91 Å². The van der Waals surface area contributed by atoms with Gasteiger partial charge in [0, 0.05) is 25.2 Å². The number of carbonyl (C=O) groups excluding carboxylic acids is 1. The Hall–Kier alpha value is -1.39. The summed E-state index contributed by atoms with van der Waals surface area (Å²) in [6.07, 6.45) is 9.89. The number of likely N-dealkylation sites (tertiary alicyclic amines) is 1. The molecule has 2 saturated heterocycles. The number of benzene rings is 1. The lowest BCUT2D eigenvalue weighted by atomic mass is 9.77. The lowest BCUT2D eigenvalue weighted by Crippen LogP contribution is -2.58. The molecule has 4 heteroatoms. The Labute approximate surface area is 156 Å². The summed E-state index contributed by atoms with van der Waals surface area (Å²) in [5, 5.41) is 3.15. The molecule has 2 aliphatic heterocycles. The quantitative estimate of drug-likeness (QED) is 0.907. The van der Waals surface area contributed by atoms with E-state index in [1.807, 2.05) is 0 Å². The maximum absolute atomic E-state index is 12.7. The summed E-state index contributed by atoms with van der Waals surface area (Å²) in [5.74, 6) is 0.961. The number of rotatable bonds is 3. The fraction of sp³-hybridized carbons (Fsp3) is 0.682. The fourth-order valence-corrected chi connectivity index (χ4v) is 5.85. The standard InChI is InChI=1S/C22H31N3O/c26-21-22(25(16-23-21)18-10-11-18)12-14-24(15-13-22)20-9-5-4-8-19(20)17-6-2-1-3-7-17/h1-3,6-7,18-20H,4-5,8-16H2,(H,23,26)/t19-,20-/m0/s1. The van der Waals surface area contributed by atoms with E-state index >= 15 is 0 Å². The maximum atomic E-state index is 12.7. The molecule has 0 unspecified atom stereocenters. The van der Waals surface area contributed by atoms with Crippen LogP contribution in [0.5, 0.6) is 0 Å². The second-order valence-corrected chi connectivity index (χ2v) is 8.80. The smallest absolute Gasteiger partial charge is 0.241 e. The Morgan fingerprint density at radius 1 is 0.962 bits per heavy atom. The molecule has 1 spiro atoms. The molecule has 1 aromatic rings. The number of nitrogens with one attached hydrogen (secondary N) is 1. The Kier molecular flexibility index (Phi) is 4.29. The van der Waals surface area contributed by atoms with Gasteiger partial charge in [-0.25, -0.2) is 0 Å². The van der Waals surface area contributed by atoms with Crippen molar-refractivity contribution in [2.24, 2.45) is 0 Å². The number of piperidine rings is 1. The van der Waals surface area contributed by atoms with Crippen LogP contribution in [-0.4, -0.2) is 53.1 Å². The molecule has 0 aromatic heterocycles. The molecule has 4 fully saturated rings. The SMILES string of the molecule is O=C1NCN(C2CC2)C12CCN([C@H]1CCCC[C@H]1c1ccccc1)CC2. The van der Waals surface area contributed by atoms with Crippen LogP contribution in [0.4, 0.5) is 0 Å². The molecule has 2 heterocycles. The van der Waals surface area contributed by atoms with Crippen LogP contribution in [0.3, 0.4) is 0 Å². The van der Waals surface area contributed by atoms with Gasteiger partial charge in [0.1, 0.15) is 5.54 Å². The number of hydrogen-bond acceptors (Lipinski definition) is 3. The third-order valence-corrected chi connectivity index (χ3v) is 7.42. The van der Waals surface area contributed by atoms with Crippen LogP contribution in [0.1, 0.15) is 62.8 Å². The summed E-state index contributed by atoms with van der Waals surface area (Å²) in [5.41, 5.74) is 1.31. The molecule has 2 aliphatic carbocycles. The van der Waals surface area contributed by atoms with Crippen molar-refractivity contribution in [2.75, 3.05) is 19.8 Å². The molecule has 5 rings (SSSR count). The number of carbonyl (C=O) groups is 1. The van der Waals surface area contributed by atoms with Crippen LogP contribution in [0.15, 0.2) is 30.3 Å². The molecular formula is C22H31N3O. The van der Waals surface area contributed by atoms with Crippen LogP contribution < -0.4 is 5.32 Å². The zero-order chi connectivity index (χ0) is 17.6. The normalized spacial score (nSPS) is 32.7. The molecule has 26 heavy (non-hydrogen) atoms. The zero-order valence-electron chi connectivity index (χ0n) is 15.7. The molecular weight excluding hydrogens is 322 g/mol. The lowest BCUT2D eigenvalue weighted by Gasteiger charge is -2.48. The summed E-state index contributed by atoms with van der Waals surface area (Å²) in [6, 6.07) is 12.4. The average molecular weight is 354 g/mol. The highest BCUT2D eigenvalue weighted by atomic mass is 16.2. The highest BCUT2D eigenvalue weighted by Crippen LogP contribution is 2.43. The molecule has 4 aliphatic rings. The molecule has 1 N–H and O–H groups in total. The van der Waals surface area contributed by atoms with Crippen molar-refractivity contribution in [1.29, 1.82) is 0 Å². The third-order valence-electron chi connectivity index (χ3n) is 7.42. The van der Waals surface area contributed by atoms with Crippen molar-refractivity contribution in [3.8, 4) is 0 Å². The Morgan fingerprint density at radius 3 is 2.42 bits per heavy atom. The first-order valence-corrected chi connectivity index (χ1v) is 10.6. The van der Waals surface area contributed by atoms with Gasteiger partial charge in [0.15, 0.2) is 0 Å². The van der Waals surface area contributed by atoms with E-state index in [0.717, 1.165) is 32.6 Å². The average Bonchev–Trinajstić information content (AvgIpc) is 3.49. The summed E-state index contributed by atoms with van der Waals surface area (Å²) in [4.78, 5) is 17.9. The molecule has 2 atom stereocenters. The van der Waals surface area contributed by atoms with Gasteiger partial charge in [-0.15, -0.1) is 0 Å². The van der Waals surface area contributed by atoms with Crippen LogP contribution in [-0.2, 0) is 4.79 Å². The lowest BCUT2D eigenvalue weighted by molar-refractivity contribution is -0.130. The molecule has 2 saturated carbocycles. The minimum absolute atomic E-state index is 0.200. The number of amides is 1. The van der Waals surface area contributed by atoms with Crippen LogP contribution in [0, 0.1) is 0 Å². The predicted molar refractivity (Wildman–Crippen MR) is 103 cm³/mol. The summed E-state index contributed by atoms with van der Waals surface area (Å²) in [6.45, 7) is 2.93. The largest absolute Gasteiger partial charge is 0.342 e. The van der Waals surface area contributed by atoms with Gasteiger partial charge in [-0.2, -0.15) is 0 Å². The van der Waals surface area contributed by atoms with E-state index < -0.39 is 0 Å². The summed E-state index contributed by atoms with van der Waals surface area (Å²) < 4.78 is 0. The van der Waals surface area contributed by atoms with Gasteiger partial charge in [-0.1, -0.05) is 43.2 Å². The van der Waals surface area contributed by atoms with E-state index in [1.54, 1.807) is 0 Å². The van der Waals surface area contributed by atoms with Crippen molar-refractivity contribution < 1.29 is 4.79 Å². The Bertz CT molecular complexity index is 649. The number of hydrogen-bond donors (Lipinski definition) is 1. The second-order valence-electron chi connectivity index (χ2n) is 8.80. The van der Waals surface area contributed by atoms with Crippen molar-refractivity contribution in [1.82, 2.24) is 15.1 Å². The Morgan fingerprint density at radius 2 is 1.69 bits per heavy atom. The van der Waals surface area contributed by atoms with Crippen molar-refractivity contribution in [3.63, 3.8) is 0 Å². The summed E-state index contributed by atoms with van der Waals surface area (Å²) >= 11 is 0. The third kappa shape index (κ3) is 2.78. The molecule has 1 amide bonds. The van der Waals surface area contributed by atoms with Gasteiger partial charge in [-0.05, 0) is 50.0 Å². The van der Waals surface area contributed by atoms with E-state index in [-0.39, 0.29) is 5.54 Å². The van der Waals surface area contributed by atoms with Crippen LogP contribution in [0.25, 0.3) is 0 Å². The van der Waals surface area contributed by atoms with Crippen molar-refractivity contribution in [3.05, 3.63) is 35.9 Å². The van der Waals surface area contributed by atoms with Crippen molar-refractivity contribution in [2.45, 2.75) is 74.9 Å². The molecule has 140 valence electrons. The van der Waals surface area contributed by atoms with Gasteiger partial charge >= 0.3 is 0 Å². The monoisotopic (exact) mass is 353 g/mol. The molecule has 1 aromatic carbocycles. The van der Waals surface area contributed by atoms with Crippen LogP contribution >= 0.6 is 0 Å². The maximum Gasteiger partial charge on any atom is 0.241 e. The first-order valence-electron chi connectivity index (χ1n) is 10.6. The molecule has 4 nitrogen and oxygen atoms in total. The molecule has 0 radical (unpaired) electrons. The highest BCUT2D eigenvalue weighted by Gasteiger charge is 2.54. The van der Waals surface area contributed by atoms with Gasteiger partial charge in [0.25, 0.3) is 0 Å². The van der Waals surface area contributed by atoms with E-state index in [9.17, 15) is 4.79 Å². The number of nitrogens with zero attached hydrogens (tertiary/aromatic N) is 2. The first kappa shape index (κ1) is 16.8. The van der Waals surface area contributed by atoms with E-state index in [1.165, 1.54) is 44.1 Å². The van der Waals surface area contributed by atoms with E-state index in [4.69, 9.17) is 0 Å². The topological polar surface area (TPSA) is 35.6 Å².